The maximum atomic E-state index is 12.5. The van der Waals surface area contributed by atoms with Crippen molar-refractivity contribution in [3.8, 4) is 0 Å². The highest BCUT2D eigenvalue weighted by molar-refractivity contribution is 5.90. The van der Waals surface area contributed by atoms with Crippen molar-refractivity contribution >= 4 is 5.91 Å². The second-order valence-corrected chi connectivity index (χ2v) is 5.97. The molecule has 2 aromatic rings. The van der Waals surface area contributed by atoms with Gasteiger partial charge in [-0.15, -0.1) is 5.10 Å². The highest BCUT2D eigenvalue weighted by Gasteiger charge is 2.32. The first-order valence-corrected chi connectivity index (χ1v) is 7.58. The Balaban J connectivity index is 1.45. The van der Waals surface area contributed by atoms with Gasteiger partial charge in [-0.05, 0) is 24.8 Å². The monoisotopic (exact) mass is 282 g/mol. The third-order valence-electron chi connectivity index (χ3n) is 4.40. The molecule has 0 spiro atoms. The topological polar surface area (TPSA) is 61.9 Å². The molecule has 2 heterocycles. The van der Waals surface area contributed by atoms with Crippen molar-refractivity contribution < 1.29 is 4.79 Å². The molecular formula is C16H18N4O. The number of H-pyrrole nitrogens is 1. The Bertz CT molecular complexity index is 647. The van der Waals surface area contributed by atoms with Crippen LogP contribution in [0.25, 0.3) is 0 Å². The number of nitrogens with one attached hydrogen (secondary N) is 1. The fourth-order valence-corrected chi connectivity index (χ4v) is 2.99. The molecule has 1 aliphatic carbocycles. The summed E-state index contributed by atoms with van der Waals surface area (Å²) in [4.78, 5) is 18.7. The molecule has 1 aromatic heterocycles. The summed E-state index contributed by atoms with van der Waals surface area (Å²) < 4.78 is 0. The van der Waals surface area contributed by atoms with E-state index >= 15 is 0 Å². The zero-order valence-electron chi connectivity index (χ0n) is 11.8. The highest BCUT2D eigenvalue weighted by Crippen LogP contribution is 2.37. The third kappa shape index (κ3) is 2.44. The average molecular weight is 282 g/mol. The summed E-state index contributed by atoms with van der Waals surface area (Å²) in [6.45, 7) is 1.54. The standard InChI is InChI=1S/C16H18N4O/c21-16(15-17-14(18-19-15)12-6-7-12)20-9-8-13(10-20)11-4-2-1-3-5-11/h1-5,12-13H,6-10H2,(H,17,18,19). The molecule has 1 aromatic carbocycles. The molecular weight excluding hydrogens is 264 g/mol. The van der Waals surface area contributed by atoms with E-state index in [0.29, 0.717) is 17.7 Å². The summed E-state index contributed by atoms with van der Waals surface area (Å²) in [7, 11) is 0. The number of benzene rings is 1. The van der Waals surface area contributed by atoms with Crippen LogP contribution in [0.15, 0.2) is 30.3 Å². The number of aromatic nitrogens is 3. The van der Waals surface area contributed by atoms with Crippen molar-refractivity contribution in [3.05, 3.63) is 47.5 Å². The van der Waals surface area contributed by atoms with Gasteiger partial charge in [-0.25, -0.2) is 4.98 Å². The van der Waals surface area contributed by atoms with Crippen LogP contribution in [-0.4, -0.2) is 39.1 Å². The van der Waals surface area contributed by atoms with E-state index in [1.54, 1.807) is 0 Å². The Kier molecular flexibility index (Phi) is 2.98. The van der Waals surface area contributed by atoms with E-state index < -0.39 is 0 Å². The Morgan fingerprint density at radius 3 is 2.71 bits per heavy atom. The molecule has 2 aliphatic rings. The van der Waals surface area contributed by atoms with Crippen LogP contribution < -0.4 is 0 Å². The molecule has 1 amide bonds. The van der Waals surface area contributed by atoms with E-state index in [1.807, 2.05) is 11.0 Å². The number of rotatable bonds is 3. The fraction of sp³-hybridized carbons (Fsp3) is 0.438. The first-order valence-electron chi connectivity index (χ1n) is 7.58. The minimum atomic E-state index is -0.0448. The van der Waals surface area contributed by atoms with Gasteiger partial charge in [-0.1, -0.05) is 30.3 Å². The van der Waals surface area contributed by atoms with Crippen molar-refractivity contribution in [1.82, 2.24) is 20.1 Å². The van der Waals surface area contributed by atoms with E-state index in [9.17, 15) is 4.79 Å². The fourth-order valence-electron chi connectivity index (χ4n) is 2.99. The van der Waals surface area contributed by atoms with E-state index in [0.717, 1.165) is 38.2 Å². The molecule has 5 nitrogen and oxygen atoms in total. The van der Waals surface area contributed by atoms with Crippen molar-refractivity contribution in [3.63, 3.8) is 0 Å². The normalized spacial score (nSPS) is 21.7. The van der Waals surface area contributed by atoms with Crippen LogP contribution in [0.2, 0.25) is 0 Å². The SMILES string of the molecule is O=C(c1n[nH]c(C2CC2)n1)N1CCC(c2ccccc2)C1. The molecule has 21 heavy (non-hydrogen) atoms. The maximum absolute atomic E-state index is 12.5. The number of aromatic amines is 1. The number of amides is 1. The van der Waals surface area contributed by atoms with Gasteiger partial charge in [0, 0.05) is 24.9 Å². The molecule has 0 bridgehead atoms. The molecule has 108 valence electrons. The molecule has 2 fully saturated rings. The molecule has 5 heteroatoms. The summed E-state index contributed by atoms with van der Waals surface area (Å²) >= 11 is 0. The Hall–Kier alpha value is -2.17. The summed E-state index contributed by atoms with van der Waals surface area (Å²) in [6, 6.07) is 10.4. The average Bonchev–Trinajstić information content (AvgIpc) is 3.06. The number of carbonyl (C=O) groups is 1. The lowest BCUT2D eigenvalue weighted by molar-refractivity contribution is 0.0779. The molecule has 1 aliphatic heterocycles. The van der Waals surface area contributed by atoms with Crippen molar-refractivity contribution in [2.24, 2.45) is 0 Å². The van der Waals surface area contributed by atoms with Gasteiger partial charge in [0.1, 0.15) is 5.82 Å². The van der Waals surface area contributed by atoms with E-state index in [2.05, 4.69) is 39.4 Å². The smallest absolute Gasteiger partial charge is 0.293 e. The van der Waals surface area contributed by atoms with Crippen molar-refractivity contribution in [1.29, 1.82) is 0 Å². The lowest BCUT2D eigenvalue weighted by Crippen LogP contribution is -2.29. The highest BCUT2D eigenvalue weighted by atomic mass is 16.2. The summed E-state index contributed by atoms with van der Waals surface area (Å²) in [5.74, 6) is 2.08. The first kappa shape index (κ1) is 12.6. The third-order valence-corrected chi connectivity index (χ3v) is 4.40. The van der Waals surface area contributed by atoms with E-state index in [4.69, 9.17) is 0 Å². The molecule has 1 atom stereocenters. The molecule has 1 saturated carbocycles. The molecule has 1 N–H and O–H groups in total. The Morgan fingerprint density at radius 2 is 1.95 bits per heavy atom. The van der Waals surface area contributed by atoms with Crippen LogP contribution in [0.1, 0.15) is 53.1 Å². The number of carbonyl (C=O) groups excluding carboxylic acids is 1. The second-order valence-electron chi connectivity index (χ2n) is 5.97. The molecule has 4 rings (SSSR count). The van der Waals surface area contributed by atoms with Gasteiger partial charge in [0.2, 0.25) is 5.82 Å². The van der Waals surface area contributed by atoms with Gasteiger partial charge in [0.05, 0.1) is 0 Å². The Labute approximate surface area is 123 Å². The van der Waals surface area contributed by atoms with Crippen LogP contribution >= 0.6 is 0 Å². The largest absolute Gasteiger partial charge is 0.335 e. The first-order chi connectivity index (χ1) is 10.3. The summed E-state index contributed by atoms with van der Waals surface area (Å²) in [5.41, 5.74) is 1.31. The van der Waals surface area contributed by atoms with Gasteiger partial charge in [0.15, 0.2) is 0 Å². The van der Waals surface area contributed by atoms with Gasteiger partial charge in [0.25, 0.3) is 5.91 Å². The molecule has 1 unspecified atom stereocenters. The lowest BCUT2D eigenvalue weighted by atomic mass is 9.99. The minimum absolute atomic E-state index is 0.0448. The predicted molar refractivity (Wildman–Crippen MR) is 78.1 cm³/mol. The lowest BCUT2D eigenvalue weighted by Gasteiger charge is -2.14. The van der Waals surface area contributed by atoms with E-state index in [1.165, 1.54) is 5.56 Å². The second kappa shape index (κ2) is 4.98. The summed E-state index contributed by atoms with van der Waals surface area (Å²) in [5, 5.41) is 7.00. The van der Waals surface area contributed by atoms with Crippen LogP contribution in [0.5, 0.6) is 0 Å². The van der Waals surface area contributed by atoms with Crippen LogP contribution in [0.4, 0.5) is 0 Å². The van der Waals surface area contributed by atoms with Crippen LogP contribution in [-0.2, 0) is 0 Å². The summed E-state index contributed by atoms with van der Waals surface area (Å²) in [6.07, 6.45) is 3.32. The predicted octanol–water partition coefficient (Wildman–Crippen LogP) is 2.31. The van der Waals surface area contributed by atoms with Crippen LogP contribution in [0, 0.1) is 0 Å². The zero-order chi connectivity index (χ0) is 14.2. The van der Waals surface area contributed by atoms with Crippen LogP contribution in [0.3, 0.4) is 0 Å². The van der Waals surface area contributed by atoms with Gasteiger partial charge in [-0.2, -0.15) is 0 Å². The zero-order valence-corrected chi connectivity index (χ0v) is 11.8. The number of hydrogen-bond acceptors (Lipinski definition) is 3. The maximum Gasteiger partial charge on any atom is 0.293 e. The number of hydrogen-bond donors (Lipinski definition) is 1. The van der Waals surface area contributed by atoms with Crippen molar-refractivity contribution in [2.45, 2.75) is 31.1 Å². The molecule has 0 radical (unpaired) electrons. The number of likely N-dealkylation sites (tertiary alicyclic amines) is 1. The number of nitrogens with zero attached hydrogens (tertiary/aromatic N) is 3. The minimum Gasteiger partial charge on any atom is -0.335 e. The van der Waals surface area contributed by atoms with E-state index in [-0.39, 0.29) is 5.91 Å². The Morgan fingerprint density at radius 1 is 1.14 bits per heavy atom. The quantitative estimate of drug-likeness (QED) is 0.939. The van der Waals surface area contributed by atoms with Gasteiger partial charge in [-0.3, -0.25) is 9.89 Å². The van der Waals surface area contributed by atoms with Gasteiger partial charge < -0.3 is 4.90 Å². The van der Waals surface area contributed by atoms with Gasteiger partial charge >= 0.3 is 0 Å². The molecule has 1 saturated heterocycles. The van der Waals surface area contributed by atoms with Crippen molar-refractivity contribution in [2.75, 3.05) is 13.1 Å².